The number of rotatable bonds is 6. The van der Waals surface area contributed by atoms with Crippen LogP contribution in [0.4, 0.5) is 5.82 Å². The summed E-state index contributed by atoms with van der Waals surface area (Å²) in [7, 11) is 1.81. The van der Waals surface area contributed by atoms with Crippen molar-refractivity contribution >= 4 is 5.82 Å². The predicted molar refractivity (Wildman–Crippen MR) is 87.6 cm³/mol. The second kappa shape index (κ2) is 7.76. The van der Waals surface area contributed by atoms with Gasteiger partial charge in [-0.1, -0.05) is 26.8 Å². The minimum absolute atomic E-state index is 0.313. The van der Waals surface area contributed by atoms with Crippen LogP contribution in [-0.4, -0.2) is 37.8 Å². The molecule has 0 aromatic carbocycles. The van der Waals surface area contributed by atoms with Crippen LogP contribution < -0.4 is 10.2 Å². The molecule has 0 spiro atoms. The molecule has 0 radical (unpaired) electrons. The monoisotopic (exact) mass is 291 g/mol. The molecular weight excluding hydrogens is 262 g/mol. The molecule has 4 heteroatoms. The zero-order valence-corrected chi connectivity index (χ0v) is 13.8. The lowest BCUT2D eigenvalue weighted by molar-refractivity contribution is 0.0496. The van der Waals surface area contributed by atoms with E-state index in [1.807, 2.05) is 13.3 Å². The van der Waals surface area contributed by atoms with Gasteiger partial charge in [0.1, 0.15) is 5.82 Å². The summed E-state index contributed by atoms with van der Waals surface area (Å²) in [6.07, 6.45) is 3.47. The molecule has 2 atom stereocenters. The first-order valence-corrected chi connectivity index (χ1v) is 8.03. The standard InChI is InChI=1S/C17H29N3O/c1-13(2)9-18-10-15-5-6-17(19-11-15)20-8-7-14(3)16(12-20)21-4/h5-6,11,13-14,16,18H,7-10,12H2,1-4H3. The number of nitrogens with zero attached hydrogens (tertiary/aromatic N) is 2. The van der Waals surface area contributed by atoms with Crippen molar-refractivity contribution in [2.24, 2.45) is 11.8 Å². The van der Waals surface area contributed by atoms with Gasteiger partial charge in [0.25, 0.3) is 0 Å². The summed E-state index contributed by atoms with van der Waals surface area (Å²) in [4.78, 5) is 6.96. The van der Waals surface area contributed by atoms with Crippen LogP contribution in [0.3, 0.4) is 0 Å². The van der Waals surface area contributed by atoms with Gasteiger partial charge in [0, 0.05) is 32.9 Å². The fraction of sp³-hybridized carbons (Fsp3) is 0.706. The van der Waals surface area contributed by atoms with Crippen LogP contribution in [-0.2, 0) is 11.3 Å². The molecule has 0 bridgehead atoms. The Morgan fingerprint density at radius 3 is 2.86 bits per heavy atom. The normalized spacial score (nSPS) is 22.8. The lowest BCUT2D eigenvalue weighted by Gasteiger charge is -2.36. The van der Waals surface area contributed by atoms with Crippen LogP contribution in [0.2, 0.25) is 0 Å². The fourth-order valence-corrected chi connectivity index (χ4v) is 2.76. The molecule has 0 aliphatic carbocycles. The van der Waals surface area contributed by atoms with Crippen LogP contribution in [0, 0.1) is 11.8 Å². The van der Waals surface area contributed by atoms with E-state index in [1.54, 1.807) is 0 Å². The van der Waals surface area contributed by atoms with Crippen molar-refractivity contribution in [2.75, 3.05) is 31.6 Å². The smallest absolute Gasteiger partial charge is 0.128 e. The minimum Gasteiger partial charge on any atom is -0.379 e. The SMILES string of the molecule is COC1CN(c2ccc(CNCC(C)C)cn2)CCC1C. The van der Waals surface area contributed by atoms with Crippen LogP contribution in [0.1, 0.15) is 32.8 Å². The van der Waals surface area contributed by atoms with Gasteiger partial charge >= 0.3 is 0 Å². The second-order valence-electron chi connectivity index (χ2n) is 6.54. The Bertz CT molecular complexity index is 419. The Labute approximate surface area is 128 Å². The number of hydrogen-bond acceptors (Lipinski definition) is 4. The number of ether oxygens (including phenoxy) is 1. The lowest BCUT2D eigenvalue weighted by Crippen LogP contribution is -2.44. The van der Waals surface area contributed by atoms with E-state index in [0.29, 0.717) is 17.9 Å². The van der Waals surface area contributed by atoms with E-state index in [9.17, 15) is 0 Å². The number of piperidine rings is 1. The molecule has 2 unspecified atom stereocenters. The summed E-state index contributed by atoms with van der Waals surface area (Å²) >= 11 is 0. The summed E-state index contributed by atoms with van der Waals surface area (Å²) in [6, 6.07) is 4.31. The summed E-state index contributed by atoms with van der Waals surface area (Å²) in [5, 5.41) is 3.45. The number of nitrogens with one attached hydrogen (secondary N) is 1. The molecule has 4 nitrogen and oxygen atoms in total. The van der Waals surface area contributed by atoms with Crippen molar-refractivity contribution < 1.29 is 4.74 Å². The summed E-state index contributed by atoms with van der Waals surface area (Å²) < 4.78 is 5.57. The molecule has 1 aromatic heterocycles. The van der Waals surface area contributed by atoms with Crippen molar-refractivity contribution in [3.63, 3.8) is 0 Å². The van der Waals surface area contributed by atoms with Crippen molar-refractivity contribution in [3.05, 3.63) is 23.9 Å². The highest BCUT2D eigenvalue weighted by atomic mass is 16.5. The zero-order valence-electron chi connectivity index (χ0n) is 13.8. The van der Waals surface area contributed by atoms with Crippen LogP contribution >= 0.6 is 0 Å². The van der Waals surface area contributed by atoms with Gasteiger partial charge in [-0.3, -0.25) is 0 Å². The van der Waals surface area contributed by atoms with Crippen molar-refractivity contribution in [2.45, 2.75) is 39.8 Å². The van der Waals surface area contributed by atoms with Gasteiger partial charge in [-0.15, -0.1) is 0 Å². The highest BCUT2D eigenvalue weighted by Gasteiger charge is 2.26. The fourth-order valence-electron chi connectivity index (χ4n) is 2.76. The van der Waals surface area contributed by atoms with Gasteiger partial charge in [-0.2, -0.15) is 0 Å². The van der Waals surface area contributed by atoms with E-state index >= 15 is 0 Å². The predicted octanol–water partition coefficient (Wildman–Crippen LogP) is 2.69. The van der Waals surface area contributed by atoms with Gasteiger partial charge in [0.05, 0.1) is 6.10 Å². The minimum atomic E-state index is 0.313. The van der Waals surface area contributed by atoms with Crippen molar-refractivity contribution in [1.82, 2.24) is 10.3 Å². The Morgan fingerprint density at radius 2 is 2.24 bits per heavy atom. The molecule has 21 heavy (non-hydrogen) atoms. The highest BCUT2D eigenvalue weighted by Crippen LogP contribution is 2.23. The first kappa shape index (κ1) is 16.2. The lowest BCUT2D eigenvalue weighted by atomic mass is 9.96. The highest BCUT2D eigenvalue weighted by molar-refractivity contribution is 5.40. The molecule has 1 N–H and O–H groups in total. The van der Waals surface area contributed by atoms with Crippen molar-refractivity contribution in [3.8, 4) is 0 Å². The third kappa shape index (κ3) is 4.68. The number of anilines is 1. The van der Waals surface area contributed by atoms with Gasteiger partial charge in [0.2, 0.25) is 0 Å². The molecular formula is C17H29N3O. The van der Waals surface area contributed by atoms with Gasteiger partial charge < -0.3 is 15.0 Å². The molecule has 1 aliphatic rings. The number of methoxy groups -OCH3 is 1. The maximum absolute atomic E-state index is 5.57. The van der Waals surface area contributed by atoms with Gasteiger partial charge in [-0.25, -0.2) is 4.98 Å². The first-order valence-electron chi connectivity index (χ1n) is 8.03. The molecule has 2 heterocycles. The Balaban J connectivity index is 1.89. The zero-order chi connectivity index (χ0) is 15.2. The van der Waals surface area contributed by atoms with E-state index in [-0.39, 0.29) is 0 Å². The molecule has 1 saturated heterocycles. The van der Waals surface area contributed by atoms with E-state index < -0.39 is 0 Å². The number of aromatic nitrogens is 1. The second-order valence-corrected chi connectivity index (χ2v) is 6.54. The molecule has 0 amide bonds. The third-order valence-corrected chi connectivity index (χ3v) is 4.21. The van der Waals surface area contributed by atoms with E-state index in [4.69, 9.17) is 4.74 Å². The molecule has 118 valence electrons. The average molecular weight is 291 g/mol. The Morgan fingerprint density at radius 1 is 1.43 bits per heavy atom. The third-order valence-electron chi connectivity index (χ3n) is 4.21. The van der Waals surface area contributed by atoms with Gasteiger partial charge in [0.15, 0.2) is 0 Å². The first-order chi connectivity index (χ1) is 10.1. The van der Waals surface area contributed by atoms with E-state index in [1.165, 1.54) is 5.56 Å². The van der Waals surface area contributed by atoms with E-state index in [0.717, 1.165) is 38.4 Å². The quantitative estimate of drug-likeness (QED) is 0.874. The van der Waals surface area contributed by atoms with Crippen molar-refractivity contribution in [1.29, 1.82) is 0 Å². The molecule has 1 aliphatic heterocycles. The largest absolute Gasteiger partial charge is 0.379 e. The summed E-state index contributed by atoms with van der Waals surface area (Å²) in [5.74, 6) is 2.38. The summed E-state index contributed by atoms with van der Waals surface area (Å²) in [5.41, 5.74) is 1.24. The molecule has 1 fully saturated rings. The van der Waals surface area contributed by atoms with Gasteiger partial charge in [-0.05, 0) is 36.4 Å². The topological polar surface area (TPSA) is 37.4 Å². The van der Waals surface area contributed by atoms with E-state index in [2.05, 4.69) is 48.1 Å². The average Bonchev–Trinajstić information content (AvgIpc) is 2.48. The van der Waals surface area contributed by atoms with Crippen LogP contribution in [0.15, 0.2) is 18.3 Å². The maximum atomic E-state index is 5.57. The van der Waals surface area contributed by atoms with Crippen LogP contribution in [0.5, 0.6) is 0 Å². The Hall–Kier alpha value is -1.13. The molecule has 1 aromatic rings. The molecule has 2 rings (SSSR count). The number of pyridine rings is 1. The maximum Gasteiger partial charge on any atom is 0.128 e. The Kier molecular flexibility index (Phi) is 6.00. The molecule has 0 saturated carbocycles. The summed E-state index contributed by atoms with van der Waals surface area (Å²) in [6.45, 7) is 10.7. The van der Waals surface area contributed by atoms with Crippen LogP contribution in [0.25, 0.3) is 0 Å². The number of hydrogen-bond donors (Lipinski definition) is 1.